The summed E-state index contributed by atoms with van der Waals surface area (Å²) in [6, 6.07) is 6.31. The molecule has 1 aliphatic rings. The van der Waals surface area contributed by atoms with E-state index < -0.39 is 27.5 Å². The fourth-order valence-corrected chi connectivity index (χ4v) is 2.96. The van der Waals surface area contributed by atoms with E-state index in [1.165, 1.54) is 18.2 Å². The Labute approximate surface area is 131 Å². The van der Waals surface area contributed by atoms with Gasteiger partial charge in [-0.3, -0.25) is 0 Å². The number of ether oxygens (including phenoxy) is 2. The summed E-state index contributed by atoms with van der Waals surface area (Å²) in [6.07, 6.45) is 0.675. The molecule has 3 rings (SSSR count). The number of hydrogen-bond acceptors (Lipinski definition) is 5. The van der Waals surface area contributed by atoms with Crippen LogP contribution in [0.5, 0.6) is 17.2 Å². The zero-order chi connectivity index (χ0) is 16.4. The van der Waals surface area contributed by atoms with E-state index in [-0.39, 0.29) is 10.6 Å². The van der Waals surface area contributed by atoms with E-state index in [9.17, 15) is 17.2 Å². The van der Waals surface area contributed by atoms with E-state index in [0.717, 1.165) is 12.1 Å². The molecule has 0 saturated carbocycles. The molecule has 0 aliphatic carbocycles. The molecule has 0 spiro atoms. The van der Waals surface area contributed by atoms with Gasteiger partial charge in [0.25, 0.3) is 0 Å². The highest BCUT2D eigenvalue weighted by molar-refractivity contribution is 7.87. The van der Waals surface area contributed by atoms with Crippen LogP contribution in [0.2, 0.25) is 0 Å². The SMILES string of the molecule is O=S(=O)(Oc1ccc(F)cc1F)c1ccc2c(c1)OCCCO2. The van der Waals surface area contributed by atoms with Gasteiger partial charge in [-0.05, 0) is 24.3 Å². The maximum atomic E-state index is 13.5. The number of benzene rings is 2. The normalized spacial score (nSPS) is 14.2. The Bertz CT molecular complexity index is 836. The maximum absolute atomic E-state index is 13.5. The molecule has 23 heavy (non-hydrogen) atoms. The molecule has 0 atom stereocenters. The summed E-state index contributed by atoms with van der Waals surface area (Å²) >= 11 is 0. The summed E-state index contributed by atoms with van der Waals surface area (Å²) in [4.78, 5) is -0.217. The molecule has 0 amide bonds. The lowest BCUT2D eigenvalue weighted by atomic mass is 10.3. The Morgan fingerprint density at radius 3 is 2.43 bits per heavy atom. The standard InChI is InChI=1S/C15H12F2O5S/c16-10-2-4-13(12(17)8-10)22-23(18,19)11-3-5-14-15(9-11)21-7-1-6-20-14/h2-5,8-9H,1,6-7H2. The third-order valence-corrected chi connectivity index (χ3v) is 4.33. The molecule has 0 bridgehead atoms. The smallest absolute Gasteiger partial charge is 0.339 e. The molecule has 2 aromatic rings. The van der Waals surface area contributed by atoms with E-state index in [4.69, 9.17) is 13.7 Å². The lowest BCUT2D eigenvalue weighted by Gasteiger charge is -2.11. The Kier molecular flexibility index (Phi) is 4.08. The van der Waals surface area contributed by atoms with Crippen molar-refractivity contribution in [1.82, 2.24) is 0 Å². The minimum absolute atomic E-state index is 0.217. The topological polar surface area (TPSA) is 61.8 Å². The van der Waals surface area contributed by atoms with E-state index in [1.807, 2.05) is 0 Å². The van der Waals surface area contributed by atoms with Gasteiger partial charge >= 0.3 is 10.1 Å². The second kappa shape index (κ2) is 6.04. The third-order valence-electron chi connectivity index (χ3n) is 3.10. The van der Waals surface area contributed by atoms with Crippen molar-refractivity contribution in [3.05, 3.63) is 48.0 Å². The molecule has 0 N–H and O–H groups in total. The van der Waals surface area contributed by atoms with Crippen molar-refractivity contribution in [3.8, 4) is 17.2 Å². The van der Waals surface area contributed by atoms with Gasteiger partial charge in [-0.2, -0.15) is 8.42 Å². The molecule has 8 heteroatoms. The van der Waals surface area contributed by atoms with Gasteiger partial charge in [0.2, 0.25) is 0 Å². The molecule has 122 valence electrons. The molecule has 0 radical (unpaired) electrons. The van der Waals surface area contributed by atoms with Gasteiger partial charge in [-0.15, -0.1) is 0 Å². The average Bonchev–Trinajstić information content (AvgIpc) is 2.74. The molecule has 1 heterocycles. The van der Waals surface area contributed by atoms with Gasteiger partial charge in [-0.25, -0.2) is 8.78 Å². The Morgan fingerprint density at radius 2 is 1.70 bits per heavy atom. The van der Waals surface area contributed by atoms with Gasteiger partial charge in [0, 0.05) is 18.6 Å². The largest absolute Gasteiger partial charge is 0.490 e. The maximum Gasteiger partial charge on any atom is 0.339 e. The Balaban J connectivity index is 1.92. The fraction of sp³-hybridized carbons (Fsp3) is 0.200. The fourth-order valence-electron chi connectivity index (χ4n) is 2.01. The summed E-state index contributed by atoms with van der Waals surface area (Å²) in [7, 11) is -4.29. The second-order valence-electron chi connectivity index (χ2n) is 4.77. The number of fused-ring (bicyclic) bond motifs is 1. The van der Waals surface area contributed by atoms with Crippen molar-refractivity contribution in [3.63, 3.8) is 0 Å². The van der Waals surface area contributed by atoms with Crippen molar-refractivity contribution in [2.24, 2.45) is 0 Å². The van der Waals surface area contributed by atoms with Crippen LogP contribution in [0.4, 0.5) is 8.78 Å². The lowest BCUT2D eigenvalue weighted by molar-refractivity contribution is 0.296. The monoisotopic (exact) mass is 342 g/mol. The van der Waals surface area contributed by atoms with Gasteiger partial charge in [0.15, 0.2) is 23.1 Å². The van der Waals surface area contributed by atoms with E-state index in [2.05, 4.69) is 0 Å². The molecule has 1 aliphatic heterocycles. The minimum atomic E-state index is -4.29. The number of rotatable bonds is 3. The quantitative estimate of drug-likeness (QED) is 0.803. The van der Waals surface area contributed by atoms with Crippen LogP contribution in [0.1, 0.15) is 6.42 Å². The van der Waals surface area contributed by atoms with E-state index in [1.54, 1.807) is 0 Å². The molecular formula is C15H12F2O5S. The van der Waals surface area contributed by atoms with Crippen LogP contribution in [0.15, 0.2) is 41.3 Å². The van der Waals surface area contributed by atoms with E-state index in [0.29, 0.717) is 31.5 Å². The number of hydrogen-bond donors (Lipinski definition) is 0. The third kappa shape index (κ3) is 3.37. The van der Waals surface area contributed by atoms with Crippen molar-refractivity contribution in [1.29, 1.82) is 0 Å². The highest BCUT2D eigenvalue weighted by Crippen LogP contribution is 2.33. The van der Waals surface area contributed by atoms with Crippen molar-refractivity contribution in [2.75, 3.05) is 13.2 Å². The van der Waals surface area contributed by atoms with Crippen molar-refractivity contribution >= 4 is 10.1 Å². The van der Waals surface area contributed by atoms with Gasteiger partial charge < -0.3 is 13.7 Å². The predicted octanol–water partition coefficient (Wildman–Crippen LogP) is 2.89. The van der Waals surface area contributed by atoms with Crippen LogP contribution >= 0.6 is 0 Å². The number of halogens is 2. The molecule has 5 nitrogen and oxygen atoms in total. The van der Waals surface area contributed by atoms with E-state index >= 15 is 0 Å². The van der Waals surface area contributed by atoms with Crippen molar-refractivity contribution < 1.29 is 30.9 Å². The Hall–Kier alpha value is -2.35. The molecule has 0 fully saturated rings. The summed E-state index contributed by atoms with van der Waals surface area (Å²) in [5, 5.41) is 0. The average molecular weight is 342 g/mol. The second-order valence-corrected chi connectivity index (χ2v) is 6.32. The molecular weight excluding hydrogens is 330 g/mol. The van der Waals surface area contributed by atoms with Gasteiger partial charge in [0.05, 0.1) is 13.2 Å². The lowest BCUT2D eigenvalue weighted by Crippen LogP contribution is -2.11. The first kappa shape index (κ1) is 15.5. The molecule has 0 saturated heterocycles. The molecule has 0 aromatic heterocycles. The van der Waals surface area contributed by atoms with Crippen molar-refractivity contribution in [2.45, 2.75) is 11.3 Å². The van der Waals surface area contributed by atoms with Crippen LogP contribution in [0, 0.1) is 11.6 Å². The zero-order valence-corrected chi connectivity index (χ0v) is 12.6. The molecule has 0 unspecified atom stereocenters. The summed E-state index contributed by atoms with van der Waals surface area (Å²) in [5.74, 6) is -1.83. The zero-order valence-electron chi connectivity index (χ0n) is 11.8. The first-order valence-electron chi connectivity index (χ1n) is 6.75. The molecule has 2 aromatic carbocycles. The highest BCUT2D eigenvalue weighted by Gasteiger charge is 2.22. The first-order chi connectivity index (χ1) is 11.0. The first-order valence-corrected chi connectivity index (χ1v) is 8.16. The Morgan fingerprint density at radius 1 is 0.957 bits per heavy atom. The predicted molar refractivity (Wildman–Crippen MR) is 76.2 cm³/mol. The highest BCUT2D eigenvalue weighted by atomic mass is 32.2. The summed E-state index contributed by atoms with van der Waals surface area (Å²) < 4.78 is 66.4. The van der Waals surface area contributed by atoms with Crippen LogP contribution in [0.25, 0.3) is 0 Å². The van der Waals surface area contributed by atoms with Gasteiger partial charge in [-0.1, -0.05) is 0 Å². The van der Waals surface area contributed by atoms with Crippen LogP contribution in [-0.2, 0) is 10.1 Å². The minimum Gasteiger partial charge on any atom is -0.490 e. The van der Waals surface area contributed by atoms with Crippen LogP contribution in [-0.4, -0.2) is 21.6 Å². The van der Waals surface area contributed by atoms with Gasteiger partial charge in [0.1, 0.15) is 10.7 Å². The summed E-state index contributed by atoms with van der Waals surface area (Å²) in [6.45, 7) is 0.861. The summed E-state index contributed by atoms with van der Waals surface area (Å²) in [5.41, 5.74) is 0. The van der Waals surface area contributed by atoms with Crippen LogP contribution < -0.4 is 13.7 Å². The van der Waals surface area contributed by atoms with Crippen LogP contribution in [0.3, 0.4) is 0 Å².